The quantitative estimate of drug-likeness (QED) is 0.876. The molecular formula is C14H20ClNO. The van der Waals surface area contributed by atoms with Crippen LogP contribution >= 0.6 is 11.6 Å². The van der Waals surface area contributed by atoms with Gasteiger partial charge >= 0.3 is 0 Å². The van der Waals surface area contributed by atoms with Crippen LogP contribution in [0.2, 0.25) is 5.02 Å². The van der Waals surface area contributed by atoms with E-state index in [9.17, 15) is 5.11 Å². The molecule has 2 nitrogen and oxygen atoms in total. The van der Waals surface area contributed by atoms with Crippen LogP contribution in [0.3, 0.4) is 0 Å². The molecule has 0 bridgehead atoms. The average Bonchev–Trinajstić information content (AvgIpc) is 2.26. The third kappa shape index (κ3) is 3.21. The summed E-state index contributed by atoms with van der Waals surface area (Å²) < 4.78 is 0. The van der Waals surface area contributed by atoms with Crippen molar-refractivity contribution in [2.75, 3.05) is 13.1 Å². The Balaban J connectivity index is 2.08. The Morgan fingerprint density at radius 2 is 1.76 bits per heavy atom. The highest BCUT2D eigenvalue weighted by Crippen LogP contribution is 2.23. The Bertz CT molecular complexity index is 374. The first-order valence-corrected chi connectivity index (χ1v) is 6.60. The predicted octanol–water partition coefficient (Wildman–Crippen LogP) is 2.91. The SMILES string of the molecule is Cc1cc(Cl)cc(C)c1CN1CCC(O)CC1. The Kier molecular flexibility index (Phi) is 4.08. The number of rotatable bonds is 2. The van der Waals surface area contributed by atoms with Crippen molar-refractivity contribution < 1.29 is 5.11 Å². The summed E-state index contributed by atoms with van der Waals surface area (Å²) >= 11 is 6.04. The van der Waals surface area contributed by atoms with Crippen LogP contribution in [0.5, 0.6) is 0 Å². The van der Waals surface area contributed by atoms with Gasteiger partial charge in [0.05, 0.1) is 6.10 Å². The first-order chi connectivity index (χ1) is 8.06. The van der Waals surface area contributed by atoms with Gasteiger partial charge in [0.1, 0.15) is 0 Å². The van der Waals surface area contributed by atoms with E-state index >= 15 is 0 Å². The minimum absolute atomic E-state index is 0.0985. The van der Waals surface area contributed by atoms with Crippen molar-refractivity contribution in [3.63, 3.8) is 0 Å². The molecule has 0 atom stereocenters. The summed E-state index contributed by atoms with van der Waals surface area (Å²) in [5.74, 6) is 0. The van der Waals surface area contributed by atoms with Gasteiger partial charge in [-0.25, -0.2) is 0 Å². The number of halogens is 1. The Morgan fingerprint density at radius 1 is 1.24 bits per heavy atom. The predicted molar refractivity (Wildman–Crippen MR) is 71.4 cm³/mol. The van der Waals surface area contributed by atoms with Crippen molar-refractivity contribution in [3.05, 3.63) is 33.8 Å². The maximum absolute atomic E-state index is 9.49. The van der Waals surface area contributed by atoms with Gasteiger partial charge in [-0.2, -0.15) is 0 Å². The van der Waals surface area contributed by atoms with Crippen LogP contribution in [0, 0.1) is 13.8 Å². The van der Waals surface area contributed by atoms with Gasteiger partial charge in [-0.05, 0) is 55.5 Å². The smallest absolute Gasteiger partial charge is 0.0564 e. The normalized spacial score (nSPS) is 18.6. The van der Waals surface area contributed by atoms with Gasteiger partial charge in [0.2, 0.25) is 0 Å². The Hall–Kier alpha value is -0.570. The molecule has 1 heterocycles. The summed E-state index contributed by atoms with van der Waals surface area (Å²) in [6, 6.07) is 4.06. The van der Waals surface area contributed by atoms with Crippen molar-refractivity contribution in [3.8, 4) is 0 Å². The fourth-order valence-corrected chi connectivity index (χ4v) is 2.82. The number of nitrogens with zero attached hydrogens (tertiary/aromatic N) is 1. The standard InChI is InChI=1S/C14H20ClNO/c1-10-7-12(15)8-11(2)14(10)9-16-5-3-13(17)4-6-16/h7-8,13,17H,3-6,9H2,1-2H3. The van der Waals surface area contributed by atoms with Crippen LogP contribution in [-0.4, -0.2) is 29.2 Å². The van der Waals surface area contributed by atoms with Gasteiger partial charge in [0, 0.05) is 24.7 Å². The highest BCUT2D eigenvalue weighted by molar-refractivity contribution is 6.30. The zero-order valence-corrected chi connectivity index (χ0v) is 11.3. The molecule has 1 saturated heterocycles. The van der Waals surface area contributed by atoms with Crippen molar-refractivity contribution in [1.82, 2.24) is 4.90 Å². The van der Waals surface area contributed by atoms with E-state index in [2.05, 4.69) is 18.7 Å². The van der Waals surface area contributed by atoms with Gasteiger partial charge in [0.25, 0.3) is 0 Å². The third-order valence-corrected chi connectivity index (χ3v) is 3.82. The molecule has 0 amide bonds. The molecule has 0 spiro atoms. The molecule has 1 aliphatic rings. The number of aliphatic hydroxyl groups excluding tert-OH is 1. The largest absolute Gasteiger partial charge is 0.393 e. The first kappa shape index (κ1) is 12.9. The maximum atomic E-state index is 9.49. The van der Waals surface area contributed by atoms with Gasteiger partial charge in [0.15, 0.2) is 0 Å². The molecule has 17 heavy (non-hydrogen) atoms. The summed E-state index contributed by atoms with van der Waals surface area (Å²) in [6.45, 7) is 7.19. The molecule has 2 rings (SSSR count). The number of aryl methyl sites for hydroxylation is 2. The second-order valence-electron chi connectivity index (χ2n) is 5.03. The Morgan fingerprint density at radius 3 is 2.29 bits per heavy atom. The molecule has 0 unspecified atom stereocenters. The number of benzene rings is 1. The fourth-order valence-electron chi connectivity index (χ4n) is 2.49. The van der Waals surface area contributed by atoms with Crippen molar-refractivity contribution in [1.29, 1.82) is 0 Å². The van der Waals surface area contributed by atoms with Crippen LogP contribution < -0.4 is 0 Å². The molecule has 0 saturated carbocycles. The summed E-state index contributed by atoms with van der Waals surface area (Å²) in [5, 5.41) is 10.3. The van der Waals surface area contributed by atoms with Gasteiger partial charge in [-0.1, -0.05) is 11.6 Å². The monoisotopic (exact) mass is 253 g/mol. The van der Waals surface area contributed by atoms with Crippen LogP contribution in [0.25, 0.3) is 0 Å². The van der Waals surface area contributed by atoms with Crippen molar-refractivity contribution in [2.24, 2.45) is 0 Å². The van der Waals surface area contributed by atoms with Crippen LogP contribution in [-0.2, 0) is 6.54 Å². The minimum atomic E-state index is -0.0985. The molecule has 0 aliphatic carbocycles. The highest BCUT2D eigenvalue weighted by atomic mass is 35.5. The minimum Gasteiger partial charge on any atom is -0.393 e. The molecule has 94 valence electrons. The highest BCUT2D eigenvalue weighted by Gasteiger charge is 2.18. The van der Waals surface area contributed by atoms with Gasteiger partial charge in [-0.15, -0.1) is 0 Å². The average molecular weight is 254 g/mol. The van der Waals surface area contributed by atoms with E-state index in [1.54, 1.807) is 0 Å². The molecule has 1 N–H and O–H groups in total. The van der Waals surface area contributed by atoms with Crippen molar-refractivity contribution >= 4 is 11.6 Å². The van der Waals surface area contributed by atoms with E-state index in [1.807, 2.05) is 12.1 Å². The van der Waals surface area contributed by atoms with E-state index in [1.165, 1.54) is 16.7 Å². The molecule has 0 radical (unpaired) electrons. The lowest BCUT2D eigenvalue weighted by molar-refractivity contribution is 0.0791. The fraction of sp³-hybridized carbons (Fsp3) is 0.571. The summed E-state index contributed by atoms with van der Waals surface area (Å²) in [4.78, 5) is 2.41. The van der Waals surface area contributed by atoms with Crippen molar-refractivity contribution in [2.45, 2.75) is 39.3 Å². The molecule has 1 aromatic carbocycles. The third-order valence-electron chi connectivity index (χ3n) is 3.60. The summed E-state index contributed by atoms with van der Waals surface area (Å²) in [5.41, 5.74) is 3.91. The summed E-state index contributed by atoms with van der Waals surface area (Å²) in [6.07, 6.45) is 1.69. The Labute approximate surface area is 108 Å². The molecule has 3 heteroatoms. The topological polar surface area (TPSA) is 23.5 Å². The second-order valence-corrected chi connectivity index (χ2v) is 5.46. The number of hydrogen-bond acceptors (Lipinski definition) is 2. The second kappa shape index (κ2) is 5.38. The van der Waals surface area contributed by atoms with Gasteiger partial charge in [-0.3, -0.25) is 4.90 Å². The molecule has 1 fully saturated rings. The van der Waals surface area contributed by atoms with E-state index in [0.717, 1.165) is 37.5 Å². The first-order valence-electron chi connectivity index (χ1n) is 6.22. The lowest BCUT2D eigenvalue weighted by Gasteiger charge is -2.30. The van der Waals surface area contributed by atoms with Crippen LogP contribution in [0.1, 0.15) is 29.5 Å². The molecule has 1 aromatic rings. The molecular weight excluding hydrogens is 234 g/mol. The summed E-state index contributed by atoms with van der Waals surface area (Å²) in [7, 11) is 0. The number of likely N-dealkylation sites (tertiary alicyclic amines) is 1. The number of piperidine rings is 1. The number of hydrogen-bond donors (Lipinski definition) is 1. The van der Waals surface area contributed by atoms with Gasteiger partial charge < -0.3 is 5.11 Å². The maximum Gasteiger partial charge on any atom is 0.0564 e. The molecule has 1 aliphatic heterocycles. The van der Waals surface area contributed by atoms with Crippen LogP contribution in [0.15, 0.2) is 12.1 Å². The van der Waals surface area contributed by atoms with E-state index in [-0.39, 0.29) is 6.10 Å². The number of aliphatic hydroxyl groups is 1. The zero-order valence-electron chi connectivity index (χ0n) is 10.5. The van der Waals surface area contributed by atoms with E-state index in [0.29, 0.717) is 0 Å². The zero-order chi connectivity index (χ0) is 12.4. The van der Waals surface area contributed by atoms with E-state index < -0.39 is 0 Å². The lowest BCUT2D eigenvalue weighted by Crippen LogP contribution is -2.35. The molecule has 0 aromatic heterocycles. The lowest BCUT2D eigenvalue weighted by atomic mass is 10.0. The van der Waals surface area contributed by atoms with Crippen LogP contribution in [0.4, 0.5) is 0 Å². The van der Waals surface area contributed by atoms with E-state index in [4.69, 9.17) is 11.6 Å².